The maximum Gasteiger partial charge on any atom is 0.104 e. The zero-order chi connectivity index (χ0) is 13.0. The third-order valence-electron chi connectivity index (χ3n) is 3.01. The standard InChI is InChI=1S/C16H19NO/c1-12-5-3-7-14(9-12)16(18)15-8-4-6-13(10-15)11-17-2/h3-10,16-18H,11H2,1-2H3. The van der Waals surface area contributed by atoms with Crippen LogP contribution in [-0.2, 0) is 6.54 Å². The van der Waals surface area contributed by atoms with Crippen LogP contribution in [0.15, 0.2) is 48.5 Å². The van der Waals surface area contributed by atoms with Crippen LogP contribution >= 0.6 is 0 Å². The van der Waals surface area contributed by atoms with E-state index in [2.05, 4.69) is 11.4 Å². The number of rotatable bonds is 4. The molecule has 1 unspecified atom stereocenters. The van der Waals surface area contributed by atoms with Crippen LogP contribution in [0.2, 0.25) is 0 Å². The summed E-state index contributed by atoms with van der Waals surface area (Å²) in [6, 6.07) is 16.1. The number of nitrogens with one attached hydrogen (secondary N) is 1. The van der Waals surface area contributed by atoms with E-state index >= 15 is 0 Å². The average molecular weight is 241 g/mol. The van der Waals surface area contributed by atoms with Gasteiger partial charge in [-0.05, 0) is 30.7 Å². The molecule has 0 aromatic heterocycles. The molecule has 1 atom stereocenters. The second-order valence-corrected chi connectivity index (χ2v) is 4.59. The van der Waals surface area contributed by atoms with Gasteiger partial charge in [0.05, 0.1) is 0 Å². The molecule has 2 heteroatoms. The van der Waals surface area contributed by atoms with Crippen LogP contribution in [0, 0.1) is 6.92 Å². The first-order chi connectivity index (χ1) is 8.70. The van der Waals surface area contributed by atoms with E-state index in [9.17, 15) is 5.11 Å². The number of hydrogen-bond donors (Lipinski definition) is 2. The summed E-state index contributed by atoms with van der Waals surface area (Å²) in [4.78, 5) is 0. The molecule has 94 valence electrons. The number of benzene rings is 2. The molecule has 0 amide bonds. The van der Waals surface area contributed by atoms with Crippen molar-refractivity contribution < 1.29 is 5.11 Å². The van der Waals surface area contributed by atoms with Crippen molar-refractivity contribution >= 4 is 0 Å². The Labute approximate surface area is 108 Å². The van der Waals surface area contributed by atoms with Gasteiger partial charge in [-0.3, -0.25) is 0 Å². The molecule has 0 bridgehead atoms. The summed E-state index contributed by atoms with van der Waals surface area (Å²) < 4.78 is 0. The van der Waals surface area contributed by atoms with E-state index in [1.807, 2.05) is 56.4 Å². The predicted octanol–water partition coefficient (Wildman–Crippen LogP) is 2.80. The molecule has 2 aromatic rings. The van der Waals surface area contributed by atoms with Crippen molar-refractivity contribution in [1.29, 1.82) is 0 Å². The fourth-order valence-electron chi connectivity index (χ4n) is 2.11. The number of aliphatic hydroxyl groups excluding tert-OH is 1. The Morgan fingerprint density at radius 2 is 1.72 bits per heavy atom. The molecular weight excluding hydrogens is 222 g/mol. The minimum absolute atomic E-state index is 0.554. The second kappa shape index (κ2) is 5.80. The lowest BCUT2D eigenvalue weighted by Crippen LogP contribution is -2.06. The molecule has 0 fully saturated rings. The SMILES string of the molecule is CNCc1cccc(C(O)c2cccc(C)c2)c1. The molecule has 0 saturated carbocycles. The van der Waals surface area contributed by atoms with Crippen LogP contribution in [0.3, 0.4) is 0 Å². The first-order valence-electron chi connectivity index (χ1n) is 6.19. The molecule has 0 heterocycles. The quantitative estimate of drug-likeness (QED) is 0.862. The van der Waals surface area contributed by atoms with Crippen molar-refractivity contribution in [3.05, 3.63) is 70.8 Å². The monoisotopic (exact) mass is 241 g/mol. The molecule has 0 radical (unpaired) electrons. The molecule has 2 rings (SSSR count). The van der Waals surface area contributed by atoms with Crippen molar-refractivity contribution in [2.24, 2.45) is 0 Å². The Balaban J connectivity index is 2.27. The van der Waals surface area contributed by atoms with Gasteiger partial charge in [-0.2, -0.15) is 0 Å². The fourth-order valence-corrected chi connectivity index (χ4v) is 2.11. The van der Waals surface area contributed by atoms with Crippen molar-refractivity contribution in [3.8, 4) is 0 Å². The highest BCUT2D eigenvalue weighted by Gasteiger charge is 2.10. The lowest BCUT2D eigenvalue weighted by atomic mass is 9.98. The van der Waals surface area contributed by atoms with Crippen molar-refractivity contribution in [1.82, 2.24) is 5.32 Å². The molecule has 0 saturated heterocycles. The van der Waals surface area contributed by atoms with E-state index in [-0.39, 0.29) is 0 Å². The molecule has 0 aliphatic carbocycles. The van der Waals surface area contributed by atoms with Gasteiger partial charge in [-0.1, -0.05) is 54.1 Å². The Bertz CT molecular complexity index is 522. The van der Waals surface area contributed by atoms with Crippen LogP contribution in [0.1, 0.15) is 28.4 Å². The molecule has 2 aromatic carbocycles. The molecular formula is C16H19NO. The third kappa shape index (κ3) is 2.97. The molecule has 0 spiro atoms. The minimum Gasteiger partial charge on any atom is -0.384 e. The maximum absolute atomic E-state index is 10.4. The summed E-state index contributed by atoms with van der Waals surface area (Å²) in [6.45, 7) is 2.85. The van der Waals surface area contributed by atoms with E-state index in [0.29, 0.717) is 0 Å². The highest BCUT2D eigenvalue weighted by molar-refractivity contribution is 5.34. The van der Waals surface area contributed by atoms with Gasteiger partial charge in [0.25, 0.3) is 0 Å². The number of aryl methyl sites for hydroxylation is 1. The summed E-state index contributed by atoms with van der Waals surface area (Å²) >= 11 is 0. The second-order valence-electron chi connectivity index (χ2n) is 4.59. The van der Waals surface area contributed by atoms with E-state index in [1.165, 1.54) is 5.56 Å². The number of hydrogen-bond acceptors (Lipinski definition) is 2. The lowest BCUT2D eigenvalue weighted by Gasteiger charge is -2.13. The summed E-state index contributed by atoms with van der Waals surface area (Å²) in [6.07, 6.45) is -0.554. The molecule has 2 nitrogen and oxygen atoms in total. The molecule has 0 aliphatic heterocycles. The third-order valence-corrected chi connectivity index (χ3v) is 3.01. The van der Waals surface area contributed by atoms with Gasteiger partial charge in [0.15, 0.2) is 0 Å². The Kier molecular flexibility index (Phi) is 4.13. The molecule has 2 N–H and O–H groups in total. The topological polar surface area (TPSA) is 32.3 Å². The average Bonchev–Trinajstić information content (AvgIpc) is 2.39. The van der Waals surface area contributed by atoms with E-state index in [0.717, 1.165) is 23.2 Å². The van der Waals surface area contributed by atoms with Gasteiger partial charge >= 0.3 is 0 Å². The minimum atomic E-state index is -0.554. The van der Waals surface area contributed by atoms with Crippen LogP contribution in [0.4, 0.5) is 0 Å². The predicted molar refractivity (Wildman–Crippen MR) is 74.4 cm³/mol. The highest BCUT2D eigenvalue weighted by atomic mass is 16.3. The van der Waals surface area contributed by atoms with Crippen molar-refractivity contribution in [3.63, 3.8) is 0 Å². The maximum atomic E-state index is 10.4. The van der Waals surface area contributed by atoms with Crippen LogP contribution in [0.5, 0.6) is 0 Å². The lowest BCUT2D eigenvalue weighted by molar-refractivity contribution is 0.220. The fraction of sp³-hybridized carbons (Fsp3) is 0.250. The van der Waals surface area contributed by atoms with Crippen molar-refractivity contribution in [2.75, 3.05) is 7.05 Å². The van der Waals surface area contributed by atoms with E-state index in [4.69, 9.17) is 0 Å². The molecule has 0 aliphatic rings. The Hall–Kier alpha value is -1.64. The summed E-state index contributed by atoms with van der Waals surface area (Å²) in [5.74, 6) is 0. The zero-order valence-electron chi connectivity index (χ0n) is 10.9. The summed E-state index contributed by atoms with van der Waals surface area (Å²) in [7, 11) is 1.92. The largest absolute Gasteiger partial charge is 0.384 e. The van der Waals surface area contributed by atoms with Gasteiger partial charge in [0, 0.05) is 6.54 Å². The summed E-state index contributed by atoms with van der Waals surface area (Å²) in [5, 5.41) is 13.5. The van der Waals surface area contributed by atoms with Crippen LogP contribution in [-0.4, -0.2) is 12.2 Å². The van der Waals surface area contributed by atoms with Gasteiger partial charge < -0.3 is 10.4 Å². The van der Waals surface area contributed by atoms with Gasteiger partial charge in [-0.15, -0.1) is 0 Å². The highest BCUT2D eigenvalue weighted by Crippen LogP contribution is 2.23. The van der Waals surface area contributed by atoms with Gasteiger partial charge in [0.1, 0.15) is 6.10 Å². The zero-order valence-corrected chi connectivity index (χ0v) is 10.9. The summed E-state index contributed by atoms with van der Waals surface area (Å²) in [5.41, 5.74) is 4.23. The van der Waals surface area contributed by atoms with Crippen LogP contribution < -0.4 is 5.32 Å². The van der Waals surface area contributed by atoms with Gasteiger partial charge in [0.2, 0.25) is 0 Å². The van der Waals surface area contributed by atoms with E-state index < -0.39 is 6.10 Å². The smallest absolute Gasteiger partial charge is 0.104 e. The van der Waals surface area contributed by atoms with E-state index in [1.54, 1.807) is 0 Å². The van der Waals surface area contributed by atoms with Crippen molar-refractivity contribution in [2.45, 2.75) is 19.6 Å². The number of aliphatic hydroxyl groups is 1. The van der Waals surface area contributed by atoms with Gasteiger partial charge in [-0.25, -0.2) is 0 Å². The van der Waals surface area contributed by atoms with Crippen LogP contribution in [0.25, 0.3) is 0 Å². The Morgan fingerprint density at radius 3 is 2.39 bits per heavy atom. The Morgan fingerprint density at radius 1 is 1.06 bits per heavy atom. The normalized spacial score (nSPS) is 12.4. The first-order valence-corrected chi connectivity index (χ1v) is 6.19. The first kappa shape index (κ1) is 12.8. The molecule has 18 heavy (non-hydrogen) atoms.